The fourth-order valence-corrected chi connectivity index (χ4v) is 3.10. The van der Waals surface area contributed by atoms with Gasteiger partial charge in [-0.2, -0.15) is 0 Å². The van der Waals surface area contributed by atoms with Gasteiger partial charge < -0.3 is 20.5 Å². The molecule has 3 N–H and O–H groups in total. The van der Waals surface area contributed by atoms with Crippen molar-refractivity contribution in [2.45, 2.75) is 24.9 Å². The summed E-state index contributed by atoms with van der Waals surface area (Å²) in [6.07, 6.45) is 2.33. The smallest absolute Gasteiger partial charge is 0.160 e. The van der Waals surface area contributed by atoms with E-state index < -0.39 is 0 Å². The number of piperidine rings is 1. The number of nitrogens with zero attached hydrogens (tertiary/aromatic N) is 2. The van der Waals surface area contributed by atoms with Gasteiger partial charge in [0.25, 0.3) is 0 Å². The van der Waals surface area contributed by atoms with Gasteiger partial charge in [-0.15, -0.1) is 0 Å². The van der Waals surface area contributed by atoms with Crippen molar-refractivity contribution in [1.82, 2.24) is 9.80 Å². The average Bonchev–Trinajstić information content (AvgIpc) is 2.50. The third kappa shape index (κ3) is 3.67. The predicted octanol–water partition coefficient (Wildman–Crippen LogP) is 1.43. The molecule has 0 bridgehead atoms. The fraction of sp³-hybridized carbons (Fsp3) is 0.625. The Labute approximate surface area is 127 Å². The minimum atomic E-state index is 0.146. The van der Waals surface area contributed by atoms with Crippen molar-refractivity contribution in [3.05, 3.63) is 23.8 Å². The molecule has 5 heteroatoms. The molecule has 1 atom stereocenters. The van der Waals surface area contributed by atoms with Crippen LogP contribution < -0.4 is 10.5 Å². The highest BCUT2D eigenvalue weighted by atomic mass is 16.5. The highest BCUT2D eigenvalue weighted by Gasteiger charge is 2.26. The number of ether oxygens (including phenoxy) is 1. The molecule has 1 aromatic rings. The molecule has 0 saturated carbocycles. The lowest BCUT2D eigenvalue weighted by Crippen LogP contribution is -2.45. The molecule has 1 saturated heterocycles. The van der Waals surface area contributed by atoms with Gasteiger partial charge >= 0.3 is 0 Å². The topological polar surface area (TPSA) is 62.0 Å². The molecule has 0 radical (unpaired) electrons. The van der Waals surface area contributed by atoms with E-state index in [1.807, 2.05) is 12.1 Å². The molecule has 1 aliphatic heterocycles. The Morgan fingerprint density at radius 1 is 1.43 bits per heavy atom. The van der Waals surface area contributed by atoms with Crippen LogP contribution in [0.4, 0.5) is 0 Å². The van der Waals surface area contributed by atoms with Gasteiger partial charge in [0.15, 0.2) is 11.5 Å². The van der Waals surface area contributed by atoms with Gasteiger partial charge in [0.1, 0.15) is 0 Å². The Morgan fingerprint density at radius 2 is 2.10 bits per heavy atom. The standard InChI is InChI=1S/C16H27N3O2/c1-18-8-6-13(7-9-18)19(2)14(11-17)12-4-5-15(20)16(10-12)21-3/h4-5,10,13-14,20H,6-9,11,17H2,1-3H3. The molecular formula is C16H27N3O2. The zero-order valence-electron chi connectivity index (χ0n) is 13.2. The second-order valence-electron chi connectivity index (χ2n) is 5.88. The summed E-state index contributed by atoms with van der Waals surface area (Å²) in [5.41, 5.74) is 7.11. The van der Waals surface area contributed by atoms with Crippen LogP contribution in [0.25, 0.3) is 0 Å². The Morgan fingerprint density at radius 3 is 2.67 bits per heavy atom. The maximum absolute atomic E-state index is 9.73. The van der Waals surface area contributed by atoms with Crippen molar-refractivity contribution >= 4 is 0 Å². The molecular weight excluding hydrogens is 266 g/mol. The zero-order valence-corrected chi connectivity index (χ0v) is 13.2. The Balaban J connectivity index is 2.14. The number of phenols is 1. The molecule has 21 heavy (non-hydrogen) atoms. The number of benzene rings is 1. The molecule has 118 valence electrons. The van der Waals surface area contributed by atoms with Crippen LogP contribution in [0.5, 0.6) is 11.5 Å². The van der Waals surface area contributed by atoms with E-state index in [1.54, 1.807) is 13.2 Å². The molecule has 0 aromatic heterocycles. The summed E-state index contributed by atoms with van der Waals surface area (Å²) < 4.78 is 5.20. The number of methoxy groups -OCH3 is 1. The lowest BCUT2D eigenvalue weighted by molar-refractivity contribution is 0.109. The number of likely N-dealkylation sites (N-methyl/N-ethyl adjacent to an activating group) is 1. The summed E-state index contributed by atoms with van der Waals surface area (Å²) in [5.74, 6) is 0.668. The van der Waals surface area contributed by atoms with Crippen molar-refractivity contribution in [2.24, 2.45) is 5.73 Å². The Hall–Kier alpha value is -1.30. The molecule has 1 aliphatic rings. The summed E-state index contributed by atoms with van der Waals surface area (Å²) in [6, 6.07) is 6.20. The highest BCUT2D eigenvalue weighted by Crippen LogP contribution is 2.32. The van der Waals surface area contributed by atoms with E-state index in [0.29, 0.717) is 18.3 Å². The van der Waals surface area contributed by atoms with Crippen LogP contribution in [0.15, 0.2) is 18.2 Å². The maximum Gasteiger partial charge on any atom is 0.160 e. The largest absolute Gasteiger partial charge is 0.504 e. The van der Waals surface area contributed by atoms with Crippen LogP contribution in [0.1, 0.15) is 24.4 Å². The van der Waals surface area contributed by atoms with Gasteiger partial charge in [-0.1, -0.05) is 6.07 Å². The number of hydrogen-bond acceptors (Lipinski definition) is 5. The van der Waals surface area contributed by atoms with Gasteiger partial charge in [-0.3, -0.25) is 4.90 Å². The third-order valence-electron chi connectivity index (χ3n) is 4.57. The summed E-state index contributed by atoms with van der Waals surface area (Å²) >= 11 is 0. The Bertz CT molecular complexity index is 459. The van der Waals surface area contributed by atoms with E-state index in [-0.39, 0.29) is 11.8 Å². The van der Waals surface area contributed by atoms with Gasteiger partial charge in [0.05, 0.1) is 7.11 Å². The van der Waals surface area contributed by atoms with Crippen molar-refractivity contribution < 1.29 is 9.84 Å². The molecule has 0 amide bonds. The van der Waals surface area contributed by atoms with Crippen molar-refractivity contribution in [3.63, 3.8) is 0 Å². The number of nitrogens with two attached hydrogens (primary N) is 1. The number of hydrogen-bond donors (Lipinski definition) is 2. The van der Waals surface area contributed by atoms with E-state index in [4.69, 9.17) is 10.5 Å². The molecule has 0 aliphatic carbocycles. The lowest BCUT2D eigenvalue weighted by atomic mass is 9.98. The molecule has 5 nitrogen and oxygen atoms in total. The molecule has 1 heterocycles. The van der Waals surface area contributed by atoms with Crippen molar-refractivity contribution in [3.8, 4) is 11.5 Å². The normalized spacial score (nSPS) is 18.9. The number of aromatic hydroxyl groups is 1. The van der Waals surface area contributed by atoms with E-state index in [9.17, 15) is 5.11 Å². The highest BCUT2D eigenvalue weighted by molar-refractivity contribution is 5.42. The maximum atomic E-state index is 9.73. The van der Waals surface area contributed by atoms with E-state index in [1.165, 1.54) is 12.8 Å². The van der Waals surface area contributed by atoms with Crippen molar-refractivity contribution in [1.29, 1.82) is 0 Å². The first kappa shape index (κ1) is 16.1. The third-order valence-corrected chi connectivity index (χ3v) is 4.57. The first-order valence-corrected chi connectivity index (χ1v) is 7.54. The minimum absolute atomic E-state index is 0.146. The van der Waals surface area contributed by atoms with Crippen molar-refractivity contribution in [2.75, 3.05) is 40.8 Å². The number of likely N-dealkylation sites (tertiary alicyclic amines) is 1. The minimum Gasteiger partial charge on any atom is -0.504 e. The summed E-state index contributed by atoms with van der Waals surface area (Å²) in [6.45, 7) is 2.81. The quantitative estimate of drug-likeness (QED) is 0.860. The second kappa shape index (κ2) is 7.11. The van der Waals surface area contributed by atoms with Gasteiger partial charge in [0.2, 0.25) is 0 Å². The zero-order chi connectivity index (χ0) is 15.4. The van der Waals surface area contributed by atoms with Crippen LogP contribution in [-0.4, -0.2) is 61.8 Å². The monoisotopic (exact) mass is 293 g/mol. The first-order valence-electron chi connectivity index (χ1n) is 7.54. The predicted molar refractivity (Wildman–Crippen MR) is 84.7 cm³/mol. The molecule has 1 fully saturated rings. The fourth-order valence-electron chi connectivity index (χ4n) is 3.10. The summed E-state index contributed by atoms with van der Waals surface area (Å²) in [5, 5.41) is 9.73. The lowest BCUT2D eigenvalue weighted by Gasteiger charge is -2.39. The molecule has 2 rings (SSSR count). The molecule has 1 unspecified atom stereocenters. The molecule has 0 spiro atoms. The Kier molecular flexibility index (Phi) is 5.45. The first-order chi connectivity index (χ1) is 10.1. The van der Waals surface area contributed by atoms with Gasteiger partial charge in [-0.05, 0) is 57.7 Å². The van der Waals surface area contributed by atoms with Crippen LogP contribution in [0.2, 0.25) is 0 Å². The van der Waals surface area contributed by atoms with E-state index in [0.717, 1.165) is 18.7 Å². The van der Waals surface area contributed by atoms with Crippen LogP contribution in [-0.2, 0) is 0 Å². The SMILES string of the molecule is COc1cc(C(CN)N(C)C2CCN(C)CC2)ccc1O. The van der Waals surface area contributed by atoms with Crippen LogP contribution in [0, 0.1) is 0 Å². The van der Waals surface area contributed by atoms with Gasteiger partial charge in [-0.25, -0.2) is 0 Å². The average molecular weight is 293 g/mol. The second-order valence-corrected chi connectivity index (χ2v) is 5.88. The summed E-state index contributed by atoms with van der Waals surface area (Å²) in [7, 11) is 5.88. The van der Waals surface area contributed by atoms with Gasteiger partial charge in [0, 0.05) is 18.6 Å². The summed E-state index contributed by atoms with van der Waals surface area (Å²) in [4.78, 5) is 4.74. The number of rotatable bonds is 5. The number of phenolic OH excluding ortho intramolecular Hbond substituents is 1. The van der Waals surface area contributed by atoms with Crippen LogP contribution in [0.3, 0.4) is 0 Å². The van der Waals surface area contributed by atoms with Crippen LogP contribution >= 0.6 is 0 Å². The molecule has 1 aromatic carbocycles. The van der Waals surface area contributed by atoms with E-state index in [2.05, 4.69) is 23.9 Å². The van der Waals surface area contributed by atoms with E-state index >= 15 is 0 Å².